The predicted molar refractivity (Wildman–Crippen MR) is 83.9 cm³/mol. The first kappa shape index (κ1) is 15.0. The van der Waals surface area contributed by atoms with E-state index in [-0.39, 0.29) is 11.7 Å². The Labute approximate surface area is 124 Å². The second-order valence-corrected chi connectivity index (χ2v) is 5.21. The fraction of sp³-hybridized carbons (Fsp3) is 0.294. The van der Waals surface area contributed by atoms with Gasteiger partial charge < -0.3 is 10.3 Å². The Balaban J connectivity index is 2.21. The maximum Gasteiger partial charge on any atom is 0.272 e. The van der Waals surface area contributed by atoms with Crippen molar-refractivity contribution in [2.75, 3.05) is 5.32 Å². The maximum absolute atomic E-state index is 12.3. The van der Waals surface area contributed by atoms with Crippen LogP contribution in [0, 0.1) is 0 Å². The van der Waals surface area contributed by atoms with Gasteiger partial charge in [-0.1, -0.05) is 32.0 Å². The smallest absolute Gasteiger partial charge is 0.272 e. The van der Waals surface area contributed by atoms with E-state index in [1.807, 2.05) is 24.3 Å². The number of aromatic amines is 1. The van der Waals surface area contributed by atoms with Crippen molar-refractivity contribution in [3.63, 3.8) is 0 Å². The minimum Gasteiger partial charge on any atom is -0.356 e. The summed E-state index contributed by atoms with van der Waals surface area (Å²) in [7, 11) is 0. The highest BCUT2D eigenvalue weighted by molar-refractivity contribution is 6.05. The lowest BCUT2D eigenvalue weighted by Crippen LogP contribution is -2.14. The number of hydrogen-bond acceptors (Lipinski definition) is 2. The Hall–Kier alpha value is -2.36. The van der Waals surface area contributed by atoms with Crippen LogP contribution in [0.3, 0.4) is 0 Å². The number of para-hydroxylation sites is 1. The zero-order valence-electron chi connectivity index (χ0n) is 12.6. The minimum absolute atomic E-state index is 0.0645. The van der Waals surface area contributed by atoms with Gasteiger partial charge in [0.25, 0.3) is 5.91 Å². The van der Waals surface area contributed by atoms with E-state index in [1.165, 1.54) is 6.92 Å². The number of H-pyrrole nitrogens is 1. The molecule has 0 bridgehead atoms. The van der Waals surface area contributed by atoms with Gasteiger partial charge in [-0.15, -0.1) is 0 Å². The molecule has 0 fully saturated rings. The summed E-state index contributed by atoms with van der Waals surface area (Å²) in [6.07, 6.45) is 2.56. The van der Waals surface area contributed by atoms with Crippen LogP contribution in [-0.4, -0.2) is 16.7 Å². The molecule has 0 radical (unpaired) electrons. The van der Waals surface area contributed by atoms with E-state index in [0.717, 1.165) is 17.7 Å². The molecule has 2 rings (SSSR count). The Morgan fingerprint density at radius 1 is 1.29 bits per heavy atom. The number of hydrogen-bond donors (Lipinski definition) is 2. The largest absolute Gasteiger partial charge is 0.356 e. The number of nitrogens with one attached hydrogen (secondary N) is 2. The minimum atomic E-state index is -0.238. The van der Waals surface area contributed by atoms with Crippen LogP contribution in [0.25, 0.3) is 0 Å². The number of rotatable bonds is 5. The van der Waals surface area contributed by atoms with Crippen molar-refractivity contribution in [2.45, 2.75) is 33.1 Å². The monoisotopic (exact) mass is 284 g/mol. The number of Topliss-reactive ketones (excluding diaryl/α,β-unsaturated/α-hetero) is 1. The van der Waals surface area contributed by atoms with Crippen molar-refractivity contribution in [1.29, 1.82) is 0 Å². The fourth-order valence-corrected chi connectivity index (χ4v) is 2.18. The maximum atomic E-state index is 12.3. The van der Waals surface area contributed by atoms with Gasteiger partial charge in [-0.25, -0.2) is 0 Å². The molecule has 0 aliphatic carbocycles. The van der Waals surface area contributed by atoms with Gasteiger partial charge in [-0.05, 0) is 37.0 Å². The molecule has 4 heteroatoms. The van der Waals surface area contributed by atoms with Crippen molar-refractivity contribution in [2.24, 2.45) is 0 Å². The zero-order chi connectivity index (χ0) is 15.4. The van der Waals surface area contributed by atoms with E-state index in [4.69, 9.17) is 0 Å². The lowest BCUT2D eigenvalue weighted by atomic mass is 9.97. The van der Waals surface area contributed by atoms with Crippen molar-refractivity contribution < 1.29 is 9.59 Å². The predicted octanol–water partition coefficient (Wildman–Crippen LogP) is 3.98. The van der Waals surface area contributed by atoms with Crippen molar-refractivity contribution >= 4 is 17.4 Å². The summed E-state index contributed by atoms with van der Waals surface area (Å²) in [6.45, 7) is 5.73. The molecule has 0 saturated heterocycles. The molecule has 2 aromatic rings. The summed E-state index contributed by atoms with van der Waals surface area (Å²) >= 11 is 0. The number of carbonyl (C=O) groups is 2. The van der Waals surface area contributed by atoms with Crippen molar-refractivity contribution in [1.82, 2.24) is 4.98 Å². The molecule has 4 nitrogen and oxygen atoms in total. The van der Waals surface area contributed by atoms with Gasteiger partial charge in [0.15, 0.2) is 5.78 Å². The van der Waals surface area contributed by atoms with Crippen molar-refractivity contribution in [3.05, 3.63) is 53.3 Å². The van der Waals surface area contributed by atoms with Crippen LogP contribution < -0.4 is 5.32 Å². The molecule has 1 unspecified atom stereocenters. The molecular formula is C17H20N2O2. The van der Waals surface area contributed by atoms with Gasteiger partial charge >= 0.3 is 0 Å². The van der Waals surface area contributed by atoms with Gasteiger partial charge in [-0.2, -0.15) is 0 Å². The molecule has 0 aliphatic rings. The molecule has 21 heavy (non-hydrogen) atoms. The number of ketones is 1. The number of carbonyl (C=O) groups excluding carboxylic acids is 2. The number of amides is 1. The third-order valence-corrected chi connectivity index (χ3v) is 3.69. The van der Waals surface area contributed by atoms with Crippen LogP contribution >= 0.6 is 0 Å². The summed E-state index contributed by atoms with van der Waals surface area (Å²) in [4.78, 5) is 26.4. The lowest BCUT2D eigenvalue weighted by Gasteiger charge is -2.15. The molecule has 1 heterocycles. The normalized spacial score (nSPS) is 12.0. The highest BCUT2D eigenvalue weighted by atomic mass is 16.2. The standard InChI is InChI=1S/C17H20N2O2/c1-4-11(2)14-7-5-6-8-15(14)19-17(21)16-9-13(10-18-16)12(3)20/h5-11,18H,4H2,1-3H3,(H,19,21). The van der Waals surface area contributed by atoms with E-state index in [2.05, 4.69) is 24.1 Å². The second-order valence-electron chi connectivity index (χ2n) is 5.21. The molecule has 1 atom stereocenters. The molecule has 1 amide bonds. The number of aromatic nitrogens is 1. The van der Waals surface area contributed by atoms with E-state index >= 15 is 0 Å². The Kier molecular flexibility index (Phi) is 4.58. The average molecular weight is 284 g/mol. The number of anilines is 1. The molecule has 0 saturated carbocycles. The highest BCUT2D eigenvalue weighted by Crippen LogP contribution is 2.26. The zero-order valence-corrected chi connectivity index (χ0v) is 12.6. The van der Waals surface area contributed by atoms with Gasteiger partial charge in [0.05, 0.1) is 0 Å². The van der Waals surface area contributed by atoms with Crippen LogP contribution in [-0.2, 0) is 0 Å². The van der Waals surface area contributed by atoms with Gasteiger partial charge in [0.2, 0.25) is 0 Å². The SMILES string of the molecule is CCC(C)c1ccccc1NC(=O)c1cc(C(C)=O)c[nH]1. The van der Waals surface area contributed by atoms with Crippen LogP contribution in [0.2, 0.25) is 0 Å². The topological polar surface area (TPSA) is 62.0 Å². The fourth-order valence-electron chi connectivity index (χ4n) is 2.18. The van der Waals surface area contributed by atoms with E-state index in [0.29, 0.717) is 17.2 Å². The molecule has 1 aromatic carbocycles. The quantitative estimate of drug-likeness (QED) is 0.816. The molecular weight excluding hydrogens is 264 g/mol. The van der Waals surface area contributed by atoms with E-state index in [1.54, 1.807) is 12.3 Å². The summed E-state index contributed by atoms with van der Waals surface area (Å²) < 4.78 is 0. The molecule has 1 aromatic heterocycles. The first-order chi connectivity index (χ1) is 10.0. The van der Waals surface area contributed by atoms with Crippen LogP contribution in [0.1, 0.15) is 59.5 Å². The summed E-state index contributed by atoms with van der Waals surface area (Å²) in [5.41, 5.74) is 2.83. The van der Waals surface area contributed by atoms with Gasteiger partial charge in [-0.3, -0.25) is 9.59 Å². The molecule has 0 spiro atoms. The van der Waals surface area contributed by atoms with Crippen LogP contribution in [0.5, 0.6) is 0 Å². The van der Waals surface area contributed by atoms with Crippen LogP contribution in [0.4, 0.5) is 5.69 Å². The Morgan fingerprint density at radius 3 is 2.62 bits per heavy atom. The van der Waals surface area contributed by atoms with E-state index in [9.17, 15) is 9.59 Å². The third kappa shape index (κ3) is 3.40. The molecule has 2 N–H and O–H groups in total. The number of benzene rings is 1. The first-order valence-corrected chi connectivity index (χ1v) is 7.12. The van der Waals surface area contributed by atoms with E-state index < -0.39 is 0 Å². The third-order valence-electron chi connectivity index (χ3n) is 3.69. The second kappa shape index (κ2) is 6.39. The summed E-state index contributed by atoms with van der Waals surface area (Å²) in [5.74, 6) is 0.0708. The molecule has 0 aliphatic heterocycles. The molecule has 110 valence electrons. The Morgan fingerprint density at radius 2 is 2.00 bits per heavy atom. The highest BCUT2D eigenvalue weighted by Gasteiger charge is 2.14. The first-order valence-electron chi connectivity index (χ1n) is 7.12. The summed E-state index contributed by atoms with van der Waals surface area (Å²) in [5, 5.41) is 2.91. The Bertz CT molecular complexity index is 658. The average Bonchev–Trinajstić information content (AvgIpc) is 2.97. The van der Waals surface area contributed by atoms with Crippen LogP contribution in [0.15, 0.2) is 36.5 Å². The van der Waals surface area contributed by atoms with Gasteiger partial charge in [0, 0.05) is 17.4 Å². The summed E-state index contributed by atoms with van der Waals surface area (Å²) in [6, 6.07) is 9.37. The van der Waals surface area contributed by atoms with Crippen molar-refractivity contribution in [3.8, 4) is 0 Å². The lowest BCUT2D eigenvalue weighted by molar-refractivity contribution is 0.101. The van der Waals surface area contributed by atoms with Gasteiger partial charge in [0.1, 0.15) is 5.69 Å².